The van der Waals surface area contributed by atoms with Crippen molar-refractivity contribution in [2.45, 2.75) is 78.3 Å². The summed E-state index contributed by atoms with van der Waals surface area (Å²) in [5.41, 5.74) is 0. The molecule has 0 aromatic rings. The predicted octanol–water partition coefficient (Wildman–Crippen LogP) is 3.91. The van der Waals surface area contributed by atoms with Crippen LogP contribution in [0.4, 0.5) is 0 Å². The van der Waals surface area contributed by atoms with Crippen LogP contribution >= 0.6 is 0 Å². The van der Waals surface area contributed by atoms with Crippen LogP contribution in [0.1, 0.15) is 66.2 Å². The fraction of sp³-hybridized carbons (Fsp3) is 1.00. The molecular formula is C18H36N2. The zero-order valence-electron chi connectivity index (χ0n) is 14.2. The second-order valence-corrected chi connectivity index (χ2v) is 7.62. The average Bonchev–Trinajstić information content (AvgIpc) is 2.43. The minimum atomic E-state index is 0.695. The Morgan fingerprint density at radius 2 is 1.95 bits per heavy atom. The zero-order valence-corrected chi connectivity index (χ0v) is 14.2. The van der Waals surface area contributed by atoms with Gasteiger partial charge in [0.2, 0.25) is 0 Å². The third kappa shape index (κ3) is 4.46. The number of nitrogens with one attached hydrogen (secondary N) is 1. The quantitative estimate of drug-likeness (QED) is 0.821. The number of likely N-dealkylation sites (tertiary alicyclic amines) is 1. The lowest BCUT2D eigenvalue weighted by atomic mass is 9.78. The van der Waals surface area contributed by atoms with E-state index in [0.717, 1.165) is 23.8 Å². The Bertz CT molecular complexity index is 277. The van der Waals surface area contributed by atoms with Crippen molar-refractivity contribution in [3.05, 3.63) is 0 Å². The van der Waals surface area contributed by atoms with E-state index in [1.54, 1.807) is 0 Å². The first kappa shape index (κ1) is 16.3. The molecule has 1 heterocycles. The molecule has 0 amide bonds. The molecule has 1 saturated carbocycles. The smallest absolute Gasteiger partial charge is 0.00818 e. The summed E-state index contributed by atoms with van der Waals surface area (Å²) in [4.78, 5) is 2.68. The second kappa shape index (κ2) is 7.79. The Hall–Kier alpha value is -0.0800. The molecule has 118 valence electrons. The lowest BCUT2D eigenvalue weighted by Gasteiger charge is -2.39. The summed E-state index contributed by atoms with van der Waals surface area (Å²) in [6, 6.07) is 1.47. The Balaban J connectivity index is 1.77. The van der Waals surface area contributed by atoms with Gasteiger partial charge in [-0.15, -0.1) is 0 Å². The summed E-state index contributed by atoms with van der Waals surface area (Å²) in [6.07, 6.45) is 8.31. The number of piperidine rings is 1. The van der Waals surface area contributed by atoms with Crippen LogP contribution in [0.5, 0.6) is 0 Å². The number of nitrogens with zero attached hydrogens (tertiary/aromatic N) is 1. The van der Waals surface area contributed by atoms with E-state index >= 15 is 0 Å². The van der Waals surface area contributed by atoms with Crippen molar-refractivity contribution < 1.29 is 0 Å². The highest BCUT2D eigenvalue weighted by Crippen LogP contribution is 2.30. The van der Waals surface area contributed by atoms with Gasteiger partial charge < -0.3 is 10.2 Å². The molecule has 1 N–H and O–H groups in total. The number of rotatable bonds is 5. The van der Waals surface area contributed by atoms with Gasteiger partial charge >= 0.3 is 0 Å². The fourth-order valence-electron chi connectivity index (χ4n) is 4.23. The van der Waals surface area contributed by atoms with Crippen LogP contribution in [-0.4, -0.2) is 36.6 Å². The van der Waals surface area contributed by atoms with Crippen molar-refractivity contribution in [2.24, 2.45) is 17.8 Å². The summed E-state index contributed by atoms with van der Waals surface area (Å²) in [5, 5.41) is 3.98. The van der Waals surface area contributed by atoms with Crippen LogP contribution < -0.4 is 5.32 Å². The molecule has 20 heavy (non-hydrogen) atoms. The van der Waals surface area contributed by atoms with Crippen molar-refractivity contribution in [1.82, 2.24) is 10.2 Å². The highest BCUT2D eigenvalue weighted by molar-refractivity contribution is 4.86. The Kier molecular flexibility index (Phi) is 6.35. The molecule has 0 aromatic heterocycles. The Morgan fingerprint density at radius 1 is 1.15 bits per heavy atom. The largest absolute Gasteiger partial charge is 0.311 e. The molecule has 0 aromatic carbocycles. The van der Waals surface area contributed by atoms with E-state index < -0.39 is 0 Å². The highest BCUT2D eigenvalue weighted by Gasteiger charge is 2.29. The van der Waals surface area contributed by atoms with E-state index in [2.05, 4.69) is 37.9 Å². The van der Waals surface area contributed by atoms with Gasteiger partial charge in [0, 0.05) is 18.6 Å². The fourth-order valence-corrected chi connectivity index (χ4v) is 4.23. The van der Waals surface area contributed by atoms with Gasteiger partial charge in [0.25, 0.3) is 0 Å². The molecule has 1 aliphatic carbocycles. The summed E-state index contributed by atoms with van der Waals surface area (Å²) in [7, 11) is 0. The first-order chi connectivity index (χ1) is 9.60. The summed E-state index contributed by atoms with van der Waals surface area (Å²) in [6.45, 7) is 13.5. The number of hydrogen-bond donors (Lipinski definition) is 1. The maximum Gasteiger partial charge on any atom is 0.00818 e. The molecule has 0 spiro atoms. The lowest BCUT2D eigenvalue weighted by molar-refractivity contribution is 0.135. The van der Waals surface area contributed by atoms with Crippen molar-refractivity contribution in [3.63, 3.8) is 0 Å². The van der Waals surface area contributed by atoms with Crippen molar-refractivity contribution in [2.75, 3.05) is 19.6 Å². The molecule has 2 aliphatic rings. The Labute approximate surface area is 126 Å². The molecule has 2 rings (SSSR count). The van der Waals surface area contributed by atoms with Crippen molar-refractivity contribution in [3.8, 4) is 0 Å². The standard InChI is InChI=1S/C18H36N2/c1-5-10-20-11-6-7-17(13-20)16(4)19-18-9-8-14(2)15(3)12-18/h14-19H,5-13H2,1-4H3. The monoisotopic (exact) mass is 280 g/mol. The molecular weight excluding hydrogens is 244 g/mol. The van der Waals surface area contributed by atoms with Gasteiger partial charge in [-0.3, -0.25) is 0 Å². The molecule has 0 bridgehead atoms. The normalized spacial score (nSPS) is 37.8. The van der Waals surface area contributed by atoms with Gasteiger partial charge in [0.15, 0.2) is 0 Å². The van der Waals surface area contributed by atoms with E-state index in [1.807, 2.05) is 0 Å². The van der Waals surface area contributed by atoms with Crippen molar-refractivity contribution >= 4 is 0 Å². The highest BCUT2D eigenvalue weighted by atomic mass is 15.1. The summed E-state index contributed by atoms with van der Waals surface area (Å²) < 4.78 is 0. The third-order valence-corrected chi connectivity index (χ3v) is 5.89. The minimum absolute atomic E-state index is 0.695. The average molecular weight is 281 g/mol. The van der Waals surface area contributed by atoms with Crippen LogP contribution in [0.15, 0.2) is 0 Å². The topological polar surface area (TPSA) is 15.3 Å². The van der Waals surface area contributed by atoms with Crippen molar-refractivity contribution in [1.29, 1.82) is 0 Å². The van der Waals surface area contributed by atoms with E-state index in [9.17, 15) is 0 Å². The van der Waals surface area contributed by atoms with Gasteiger partial charge in [0.05, 0.1) is 0 Å². The molecule has 2 heteroatoms. The van der Waals surface area contributed by atoms with Crippen LogP contribution in [-0.2, 0) is 0 Å². The number of hydrogen-bond acceptors (Lipinski definition) is 2. The molecule has 0 radical (unpaired) electrons. The van der Waals surface area contributed by atoms with E-state index in [4.69, 9.17) is 0 Å². The summed E-state index contributed by atoms with van der Waals surface area (Å²) in [5.74, 6) is 2.69. The predicted molar refractivity (Wildman–Crippen MR) is 88.0 cm³/mol. The minimum Gasteiger partial charge on any atom is -0.311 e. The van der Waals surface area contributed by atoms with Gasteiger partial charge in [0.1, 0.15) is 0 Å². The molecule has 2 nitrogen and oxygen atoms in total. The van der Waals surface area contributed by atoms with E-state index in [0.29, 0.717) is 6.04 Å². The maximum atomic E-state index is 3.98. The molecule has 5 atom stereocenters. The Morgan fingerprint density at radius 3 is 2.65 bits per heavy atom. The molecule has 5 unspecified atom stereocenters. The first-order valence-electron chi connectivity index (χ1n) is 9.08. The van der Waals surface area contributed by atoms with Crippen LogP contribution in [0, 0.1) is 17.8 Å². The van der Waals surface area contributed by atoms with Crippen LogP contribution in [0.25, 0.3) is 0 Å². The lowest BCUT2D eigenvalue weighted by Crippen LogP contribution is -2.49. The van der Waals surface area contributed by atoms with Crippen LogP contribution in [0.3, 0.4) is 0 Å². The first-order valence-corrected chi connectivity index (χ1v) is 9.08. The van der Waals surface area contributed by atoms with Gasteiger partial charge in [-0.05, 0) is 76.3 Å². The third-order valence-electron chi connectivity index (χ3n) is 5.89. The SMILES string of the molecule is CCCN1CCCC(C(C)NC2CCC(C)C(C)C2)C1. The molecule has 1 aliphatic heterocycles. The molecule has 2 fully saturated rings. The van der Waals surface area contributed by atoms with Gasteiger partial charge in [-0.2, -0.15) is 0 Å². The van der Waals surface area contributed by atoms with E-state index in [-0.39, 0.29) is 0 Å². The second-order valence-electron chi connectivity index (χ2n) is 7.62. The van der Waals surface area contributed by atoms with Crippen LogP contribution in [0.2, 0.25) is 0 Å². The van der Waals surface area contributed by atoms with Gasteiger partial charge in [-0.1, -0.05) is 20.8 Å². The summed E-state index contributed by atoms with van der Waals surface area (Å²) >= 11 is 0. The van der Waals surface area contributed by atoms with Gasteiger partial charge in [-0.25, -0.2) is 0 Å². The maximum absolute atomic E-state index is 3.98. The zero-order chi connectivity index (χ0) is 14.5. The molecule has 1 saturated heterocycles. The van der Waals surface area contributed by atoms with E-state index in [1.165, 1.54) is 58.2 Å².